The van der Waals surface area contributed by atoms with Crippen molar-refractivity contribution in [1.82, 2.24) is 9.78 Å². The van der Waals surface area contributed by atoms with E-state index in [2.05, 4.69) is 5.10 Å². The van der Waals surface area contributed by atoms with Crippen molar-refractivity contribution in [1.29, 1.82) is 0 Å². The van der Waals surface area contributed by atoms with Gasteiger partial charge in [0.05, 0.1) is 6.54 Å². The topological polar surface area (TPSA) is 55.1 Å². The highest BCUT2D eigenvalue weighted by Crippen LogP contribution is 2.15. The molecule has 0 atom stereocenters. The maximum atomic E-state index is 12.7. The fourth-order valence-corrected chi connectivity index (χ4v) is 1.88. The van der Waals surface area contributed by atoms with Crippen LogP contribution in [-0.2, 0) is 6.54 Å². The first-order valence-corrected chi connectivity index (χ1v) is 4.98. The predicted molar refractivity (Wildman–Crippen MR) is 52.6 cm³/mol. The number of rotatable bonds is 3. The summed E-state index contributed by atoms with van der Waals surface area (Å²) in [6.07, 6.45) is 1.56. The number of thiophene rings is 1. The number of nitrogens with zero attached hydrogens (tertiary/aromatic N) is 2. The molecule has 0 unspecified atom stereocenters. The molecule has 2 aromatic rings. The molecule has 0 aromatic carbocycles. The summed E-state index contributed by atoms with van der Waals surface area (Å²) >= 11 is 1.03. The summed E-state index contributed by atoms with van der Waals surface area (Å²) in [5.41, 5.74) is -0.00738. The smallest absolute Gasteiger partial charge is 0.356 e. The molecular formula is C9H7FN2O2S. The van der Waals surface area contributed by atoms with Crippen molar-refractivity contribution in [3.05, 3.63) is 40.1 Å². The molecule has 0 radical (unpaired) electrons. The number of aromatic nitrogens is 2. The van der Waals surface area contributed by atoms with Crippen molar-refractivity contribution in [2.75, 3.05) is 0 Å². The maximum absolute atomic E-state index is 12.7. The minimum absolute atomic E-state index is 0.00738. The van der Waals surface area contributed by atoms with Crippen LogP contribution in [0.5, 0.6) is 0 Å². The van der Waals surface area contributed by atoms with Crippen molar-refractivity contribution in [2.24, 2.45) is 0 Å². The zero-order chi connectivity index (χ0) is 10.8. The highest BCUT2D eigenvalue weighted by molar-refractivity contribution is 7.10. The number of halogens is 1. The van der Waals surface area contributed by atoms with Gasteiger partial charge in [-0.2, -0.15) is 9.49 Å². The number of aromatic carboxylic acids is 1. The highest BCUT2D eigenvalue weighted by atomic mass is 32.1. The first-order valence-electron chi connectivity index (χ1n) is 4.16. The summed E-state index contributed by atoms with van der Waals surface area (Å²) in [5.74, 6) is -1.06. The van der Waals surface area contributed by atoms with E-state index in [-0.39, 0.29) is 10.8 Å². The number of carboxylic acids is 1. The number of carbonyl (C=O) groups is 1. The molecule has 2 heterocycles. The molecule has 6 heteroatoms. The molecule has 0 saturated carbocycles. The van der Waals surface area contributed by atoms with E-state index in [0.717, 1.165) is 16.2 Å². The van der Waals surface area contributed by atoms with Crippen molar-refractivity contribution in [3.63, 3.8) is 0 Å². The summed E-state index contributed by atoms with van der Waals surface area (Å²) in [7, 11) is 0. The fourth-order valence-electron chi connectivity index (χ4n) is 1.16. The molecule has 15 heavy (non-hydrogen) atoms. The van der Waals surface area contributed by atoms with E-state index in [1.54, 1.807) is 12.3 Å². The van der Waals surface area contributed by atoms with Gasteiger partial charge in [-0.05, 0) is 18.2 Å². The monoisotopic (exact) mass is 226 g/mol. The summed E-state index contributed by atoms with van der Waals surface area (Å²) in [4.78, 5) is 11.3. The van der Waals surface area contributed by atoms with Gasteiger partial charge in [-0.1, -0.05) is 0 Å². The van der Waals surface area contributed by atoms with Crippen LogP contribution < -0.4 is 0 Å². The SMILES string of the molecule is O=C(O)c1ccn(Cc2ccc(F)s2)n1. The Morgan fingerprint density at radius 1 is 1.53 bits per heavy atom. The van der Waals surface area contributed by atoms with Gasteiger partial charge in [-0.15, -0.1) is 11.3 Å². The van der Waals surface area contributed by atoms with Gasteiger partial charge in [0, 0.05) is 11.1 Å². The van der Waals surface area contributed by atoms with E-state index < -0.39 is 5.97 Å². The first-order chi connectivity index (χ1) is 7.15. The molecule has 0 aliphatic heterocycles. The molecule has 2 rings (SSSR count). The molecule has 2 aromatic heterocycles. The fraction of sp³-hybridized carbons (Fsp3) is 0.111. The molecule has 0 amide bonds. The van der Waals surface area contributed by atoms with Crippen LogP contribution in [0.25, 0.3) is 0 Å². The third kappa shape index (κ3) is 2.21. The minimum Gasteiger partial charge on any atom is -0.476 e. The van der Waals surface area contributed by atoms with Gasteiger partial charge >= 0.3 is 5.97 Å². The van der Waals surface area contributed by atoms with E-state index in [9.17, 15) is 9.18 Å². The van der Waals surface area contributed by atoms with Crippen LogP contribution >= 0.6 is 11.3 Å². The van der Waals surface area contributed by atoms with E-state index in [0.29, 0.717) is 6.54 Å². The third-order valence-electron chi connectivity index (χ3n) is 1.81. The third-order valence-corrected chi connectivity index (χ3v) is 2.66. The van der Waals surface area contributed by atoms with Crippen molar-refractivity contribution < 1.29 is 14.3 Å². The second-order valence-electron chi connectivity index (χ2n) is 2.91. The summed E-state index contributed by atoms with van der Waals surface area (Å²) in [5, 5.41) is 12.2. The lowest BCUT2D eigenvalue weighted by Gasteiger charge is -1.96. The van der Waals surface area contributed by atoms with Crippen LogP contribution in [0, 0.1) is 5.13 Å². The lowest BCUT2D eigenvalue weighted by Crippen LogP contribution is -2.02. The Balaban J connectivity index is 2.14. The summed E-state index contributed by atoms with van der Waals surface area (Å²) in [6, 6.07) is 4.44. The zero-order valence-electron chi connectivity index (χ0n) is 7.55. The first kappa shape index (κ1) is 9.85. The largest absolute Gasteiger partial charge is 0.476 e. The van der Waals surface area contributed by atoms with E-state index in [1.807, 2.05) is 0 Å². The van der Waals surface area contributed by atoms with Crippen molar-refractivity contribution >= 4 is 17.3 Å². The number of hydrogen-bond acceptors (Lipinski definition) is 3. The van der Waals surface area contributed by atoms with Crippen LogP contribution in [0.15, 0.2) is 24.4 Å². The highest BCUT2D eigenvalue weighted by Gasteiger charge is 2.07. The lowest BCUT2D eigenvalue weighted by molar-refractivity contribution is 0.0689. The molecule has 0 spiro atoms. The van der Waals surface area contributed by atoms with Crippen LogP contribution in [0.2, 0.25) is 0 Å². The molecule has 0 aliphatic carbocycles. The van der Waals surface area contributed by atoms with Gasteiger partial charge in [-0.25, -0.2) is 4.79 Å². The lowest BCUT2D eigenvalue weighted by atomic mass is 10.4. The van der Waals surface area contributed by atoms with Gasteiger partial charge in [-0.3, -0.25) is 4.68 Å². The Labute approximate surface area is 88.6 Å². The number of hydrogen-bond donors (Lipinski definition) is 1. The van der Waals surface area contributed by atoms with Gasteiger partial charge in [0.15, 0.2) is 10.8 Å². The Hall–Kier alpha value is -1.69. The molecule has 1 N–H and O–H groups in total. The molecule has 0 fully saturated rings. The normalized spacial score (nSPS) is 10.5. The molecular weight excluding hydrogens is 219 g/mol. The van der Waals surface area contributed by atoms with Crippen LogP contribution in [0.4, 0.5) is 4.39 Å². The average Bonchev–Trinajstić information content (AvgIpc) is 2.76. The molecule has 78 valence electrons. The van der Waals surface area contributed by atoms with E-state index >= 15 is 0 Å². The predicted octanol–water partition coefficient (Wildman–Crippen LogP) is 1.83. The second kappa shape index (κ2) is 3.82. The number of carboxylic acid groups (broad SMARTS) is 1. The zero-order valence-corrected chi connectivity index (χ0v) is 8.37. The molecule has 0 saturated heterocycles. The van der Waals surface area contributed by atoms with E-state index in [1.165, 1.54) is 16.8 Å². The molecule has 4 nitrogen and oxygen atoms in total. The van der Waals surface area contributed by atoms with Gasteiger partial charge in [0.2, 0.25) is 0 Å². The summed E-state index contributed by atoms with van der Waals surface area (Å²) in [6.45, 7) is 0.391. The standard InChI is InChI=1S/C9H7FN2O2S/c10-8-2-1-6(15-8)5-12-4-3-7(11-12)9(13)14/h1-4H,5H2,(H,13,14). The Morgan fingerprint density at radius 2 is 2.33 bits per heavy atom. The second-order valence-corrected chi connectivity index (χ2v) is 4.03. The van der Waals surface area contributed by atoms with Crippen LogP contribution in [0.1, 0.15) is 15.4 Å². The molecule has 0 aliphatic rings. The summed E-state index contributed by atoms with van der Waals surface area (Å²) < 4.78 is 14.1. The minimum atomic E-state index is -1.06. The van der Waals surface area contributed by atoms with Gasteiger partial charge < -0.3 is 5.11 Å². The average molecular weight is 226 g/mol. The van der Waals surface area contributed by atoms with Crippen LogP contribution in [-0.4, -0.2) is 20.9 Å². The quantitative estimate of drug-likeness (QED) is 0.868. The van der Waals surface area contributed by atoms with Crippen molar-refractivity contribution in [2.45, 2.75) is 6.54 Å². The Bertz CT molecular complexity index is 492. The van der Waals surface area contributed by atoms with Gasteiger partial charge in [0.25, 0.3) is 0 Å². The Kier molecular flexibility index (Phi) is 2.51. The Morgan fingerprint density at radius 3 is 2.87 bits per heavy atom. The molecule has 0 bridgehead atoms. The van der Waals surface area contributed by atoms with Gasteiger partial charge in [0.1, 0.15) is 0 Å². The maximum Gasteiger partial charge on any atom is 0.356 e. The van der Waals surface area contributed by atoms with Crippen molar-refractivity contribution in [3.8, 4) is 0 Å². The van der Waals surface area contributed by atoms with Crippen LogP contribution in [0.3, 0.4) is 0 Å². The van der Waals surface area contributed by atoms with E-state index in [4.69, 9.17) is 5.11 Å².